The molecule has 8 heteroatoms. The fourth-order valence-electron chi connectivity index (χ4n) is 4.35. The summed E-state index contributed by atoms with van der Waals surface area (Å²) in [4.78, 5) is 30.8. The second kappa shape index (κ2) is 10.5. The average Bonchev–Trinajstić information content (AvgIpc) is 2.89. The van der Waals surface area contributed by atoms with Crippen molar-refractivity contribution in [2.45, 2.75) is 26.2 Å². The van der Waals surface area contributed by atoms with Gasteiger partial charge in [-0.1, -0.05) is 19.1 Å². The van der Waals surface area contributed by atoms with Crippen LogP contribution >= 0.6 is 0 Å². The first kappa shape index (κ1) is 24.8. The highest BCUT2D eigenvalue weighted by Gasteiger charge is 2.23. The van der Waals surface area contributed by atoms with E-state index in [0.29, 0.717) is 51.8 Å². The predicted octanol–water partition coefficient (Wildman–Crippen LogP) is 4.85. The molecule has 0 saturated heterocycles. The first-order valence-electron chi connectivity index (χ1n) is 11.6. The highest BCUT2D eigenvalue weighted by Crippen LogP contribution is 2.40. The lowest BCUT2D eigenvalue weighted by molar-refractivity contribution is -0.117. The second-order valence-electron chi connectivity index (χ2n) is 8.27. The Hall–Kier alpha value is -4.33. The third kappa shape index (κ3) is 4.62. The Morgan fingerprint density at radius 3 is 2.19 bits per heavy atom. The summed E-state index contributed by atoms with van der Waals surface area (Å²) in [6, 6.07) is 18.0. The van der Waals surface area contributed by atoms with Gasteiger partial charge in [-0.2, -0.15) is 0 Å². The molecule has 0 radical (unpaired) electrons. The van der Waals surface area contributed by atoms with E-state index in [1.807, 2.05) is 25.1 Å². The molecule has 186 valence electrons. The third-order valence-corrected chi connectivity index (χ3v) is 6.15. The van der Waals surface area contributed by atoms with Crippen LogP contribution < -0.4 is 25.1 Å². The minimum absolute atomic E-state index is 0.136. The molecule has 36 heavy (non-hydrogen) atoms. The molecule has 0 aliphatic heterocycles. The number of carbonyl (C=O) groups is 1. The molecule has 0 saturated carbocycles. The number of amides is 1. The van der Waals surface area contributed by atoms with Crippen LogP contribution in [0.15, 0.2) is 65.5 Å². The van der Waals surface area contributed by atoms with E-state index in [2.05, 4.69) is 10.3 Å². The number of aromatic nitrogens is 2. The molecule has 1 unspecified atom stereocenters. The first-order valence-corrected chi connectivity index (χ1v) is 11.6. The SMILES string of the molecule is CCC(C(=O)Nc1ccc(-n2c(C)nc3ccccc3c2=O)cc1)c1cc(OC)c(OC)c(OC)c1. The highest BCUT2D eigenvalue weighted by atomic mass is 16.5. The van der Waals surface area contributed by atoms with E-state index in [0.717, 1.165) is 5.56 Å². The number of nitrogens with one attached hydrogen (secondary N) is 1. The van der Waals surface area contributed by atoms with Crippen LogP contribution in [0.5, 0.6) is 17.2 Å². The van der Waals surface area contributed by atoms with Crippen LogP contribution in [-0.4, -0.2) is 36.8 Å². The van der Waals surface area contributed by atoms with E-state index in [1.165, 1.54) is 7.11 Å². The zero-order valence-corrected chi connectivity index (χ0v) is 21.0. The number of ether oxygens (including phenoxy) is 3. The minimum Gasteiger partial charge on any atom is -0.493 e. The lowest BCUT2D eigenvalue weighted by atomic mass is 9.94. The lowest BCUT2D eigenvalue weighted by Gasteiger charge is -2.19. The van der Waals surface area contributed by atoms with Crippen molar-refractivity contribution in [1.82, 2.24) is 9.55 Å². The van der Waals surface area contributed by atoms with Crippen molar-refractivity contribution < 1.29 is 19.0 Å². The van der Waals surface area contributed by atoms with E-state index in [9.17, 15) is 9.59 Å². The largest absolute Gasteiger partial charge is 0.493 e. The summed E-state index contributed by atoms with van der Waals surface area (Å²) in [6.07, 6.45) is 0.569. The van der Waals surface area contributed by atoms with Crippen LogP contribution in [0.3, 0.4) is 0 Å². The van der Waals surface area contributed by atoms with Crippen LogP contribution in [0.4, 0.5) is 5.69 Å². The summed E-state index contributed by atoms with van der Waals surface area (Å²) in [5.41, 5.74) is 2.57. The number of carbonyl (C=O) groups excluding carboxylic acids is 1. The fraction of sp³-hybridized carbons (Fsp3) is 0.250. The zero-order valence-electron chi connectivity index (χ0n) is 21.0. The van der Waals surface area contributed by atoms with E-state index >= 15 is 0 Å². The number of aryl methyl sites for hydroxylation is 1. The summed E-state index contributed by atoms with van der Waals surface area (Å²) in [5.74, 6) is 1.44. The maximum atomic E-state index is 13.2. The summed E-state index contributed by atoms with van der Waals surface area (Å²) in [7, 11) is 4.63. The number of hydrogen-bond donors (Lipinski definition) is 1. The quantitative estimate of drug-likeness (QED) is 0.382. The van der Waals surface area contributed by atoms with Gasteiger partial charge in [0.15, 0.2) is 11.5 Å². The number of fused-ring (bicyclic) bond motifs is 1. The molecule has 0 bridgehead atoms. The molecule has 1 amide bonds. The topological polar surface area (TPSA) is 91.7 Å². The maximum Gasteiger partial charge on any atom is 0.265 e. The van der Waals surface area contributed by atoms with Gasteiger partial charge in [0.05, 0.1) is 43.8 Å². The van der Waals surface area contributed by atoms with Crippen molar-refractivity contribution in [2.75, 3.05) is 26.6 Å². The fourth-order valence-corrected chi connectivity index (χ4v) is 4.35. The van der Waals surface area contributed by atoms with Gasteiger partial charge in [0, 0.05) is 5.69 Å². The van der Waals surface area contributed by atoms with E-state index in [-0.39, 0.29) is 11.5 Å². The Balaban J connectivity index is 1.60. The van der Waals surface area contributed by atoms with Gasteiger partial charge in [-0.25, -0.2) is 4.98 Å². The average molecular weight is 488 g/mol. The molecule has 0 fully saturated rings. The maximum absolute atomic E-state index is 13.2. The van der Waals surface area contributed by atoms with Gasteiger partial charge in [-0.05, 0) is 67.4 Å². The van der Waals surface area contributed by atoms with E-state index in [1.54, 1.807) is 68.2 Å². The van der Waals surface area contributed by atoms with Gasteiger partial charge in [-0.3, -0.25) is 14.2 Å². The van der Waals surface area contributed by atoms with Gasteiger partial charge in [0.25, 0.3) is 5.56 Å². The number of hydrogen-bond acceptors (Lipinski definition) is 6. The lowest BCUT2D eigenvalue weighted by Crippen LogP contribution is -2.23. The van der Waals surface area contributed by atoms with E-state index < -0.39 is 5.92 Å². The molecule has 1 N–H and O–H groups in total. The summed E-state index contributed by atoms with van der Waals surface area (Å²) < 4.78 is 17.8. The smallest absolute Gasteiger partial charge is 0.265 e. The zero-order chi connectivity index (χ0) is 25.8. The minimum atomic E-state index is -0.437. The molecule has 0 spiro atoms. The second-order valence-corrected chi connectivity index (χ2v) is 8.27. The van der Waals surface area contributed by atoms with Crippen LogP contribution in [0.2, 0.25) is 0 Å². The molecular formula is C28H29N3O5. The van der Waals surface area contributed by atoms with Gasteiger partial charge >= 0.3 is 0 Å². The standard InChI is InChI=1S/C28H29N3O5/c1-6-21(18-15-24(34-3)26(36-5)25(16-18)35-4)27(32)30-19-11-13-20(14-12-19)31-17(2)29-23-10-8-7-9-22(23)28(31)33/h7-16,21H,6H2,1-5H3,(H,30,32). The van der Waals surface area contributed by atoms with Gasteiger partial charge in [-0.15, -0.1) is 0 Å². The molecule has 3 aromatic carbocycles. The monoisotopic (exact) mass is 487 g/mol. The van der Waals surface area contributed by atoms with Crippen molar-refractivity contribution in [3.63, 3.8) is 0 Å². The summed E-state index contributed by atoms with van der Waals surface area (Å²) in [6.45, 7) is 3.74. The van der Waals surface area contributed by atoms with Crippen molar-refractivity contribution >= 4 is 22.5 Å². The molecular weight excluding hydrogens is 458 g/mol. The molecule has 0 aliphatic rings. The summed E-state index contributed by atoms with van der Waals surface area (Å²) in [5, 5.41) is 3.53. The van der Waals surface area contributed by atoms with Crippen molar-refractivity contribution in [3.05, 3.63) is 82.4 Å². The Labute approximate surface area is 209 Å². The Bertz CT molecular complexity index is 1440. The van der Waals surface area contributed by atoms with E-state index in [4.69, 9.17) is 14.2 Å². The Kier molecular flexibility index (Phi) is 7.24. The van der Waals surface area contributed by atoms with Gasteiger partial charge < -0.3 is 19.5 Å². The van der Waals surface area contributed by atoms with Crippen LogP contribution in [0, 0.1) is 6.92 Å². The Morgan fingerprint density at radius 1 is 0.972 bits per heavy atom. The molecule has 0 aliphatic carbocycles. The first-order chi connectivity index (χ1) is 17.4. The predicted molar refractivity (Wildman–Crippen MR) is 140 cm³/mol. The molecule has 4 rings (SSSR count). The van der Waals surface area contributed by atoms with Crippen molar-refractivity contribution in [3.8, 4) is 22.9 Å². The number of rotatable bonds is 8. The number of para-hydroxylation sites is 1. The highest BCUT2D eigenvalue weighted by molar-refractivity contribution is 5.96. The van der Waals surface area contributed by atoms with Crippen LogP contribution in [0.1, 0.15) is 30.7 Å². The van der Waals surface area contributed by atoms with Crippen molar-refractivity contribution in [2.24, 2.45) is 0 Å². The van der Waals surface area contributed by atoms with Gasteiger partial charge in [0.2, 0.25) is 11.7 Å². The number of nitrogens with zero attached hydrogens (tertiary/aromatic N) is 2. The number of methoxy groups -OCH3 is 3. The molecule has 8 nitrogen and oxygen atoms in total. The van der Waals surface area contributed by atoms with Gasteiger partial charge in [0.1, 0.15) is 5.82 Å². The van der Waals surface area contributed by atoms with Crippen LogP contribution in [-0.2, 0) is 4.79 Å². The third-order valence-electron chi connectivity index (χ3n) is 6.15. The molecule has 1 atom stereocenters. The molecule has 1 aromatic heterocycles. The normalized spacial score (nSPS) is 11.7. The number of benzene rings is 3. The van der Waals surface area contributed by atoms with Crippen LogP contribution in [0.25, 0.3) is 16.6 Å². The molecule has 4 aromatic rings. The number of anilines is 1. The molecule has 1 heterocycles. The van der Waals surface area contributed by atoms with Crippen molar-refractivity contribution in [1.29, 1.82) is 0 Å². The Morgan fingerprint density at radius 2 is 1.61 bits per heavy atom. The summed E-state index contributed by atoms with van der Waals surface area (Å²) >= 11 is 0.